The zero-order valence-corrected chi connectivity index (χ0v) is 9.33. The lowest BCUT2D eigenvalue weighted by molar-refractivity contribution is 0.183. The third-order valence-corrected chi connectivity index (χ3v) is 2.01. The number of nitrogens with zero attached hydrogens (tertiary/aromatic N) is 2. The Morgan fingerprint density at radius 2 is 2.33 bits per heavy atom. The van der Waals surface area contributed by atoms with Gasteiger partial charge in [0, 0.05) is 12.6 Å². The van der Waals surface area contributed by atoms with Crippen molar-refractivity contribution in [1.82, 2.24) is 9.97 Å². The monoisotopic (exact) mass is 230 g/mol. The highest BCUT2D eigenvalue weighted by Gasteiger charge is 2.00. The highest BCUT2D eigenvalue weighted by Crippen LogP contribution is 2.12. The Morgan fingerprint density at radius 1 is 1.60 bits per heavy atom. The first-order valence-corrected chi connectivity index (χ1v) is 5.17. The number of hydrogen-bond donors (Lipinski definition) is 3. The Hall–Kier alpha value is -1.07. The van der Waals surface area contributed by atoms with Gasteiger partial charge in [-0.15, -0.1) is 0 Å². The summed E-state index contributed by atoms with van der Waals surface area (Å²) in [4.78, 5) is 7.70. The van der Waals surface area contributed by atoms with Crippen molar-refractivity contribution in [2.75, 3.05) is 17.6 Å². The number of halogens is 1. The summed E-state index contributed by atoms with van der Waals surface area (Å²) in [5, 5.41) is 12.4. The lowest BCUT2D eigenvalue weighted by Gasteiger charge is -2.07. The lowest BCUT2D eigenvalue weighted by atomic mass is 10.2. The van der Waals surface area contributed by atoms with E-state index in [0.717, 1.165) is 19.4 Å². The van der Waals surface area contributed by atoms with Crippen LogP contribution in [0.15, 0.2) is 6.07 Å². The molecule has 0 radical (unpaired) electrons. The molecular weight excluding hydrogens is 216 g/mol. The minimum Gasteiger partial charge on any atom is -0.393 e. The third-order valence-electron chi connectivity index (χ3n) is 1.82. The van der Waals surface area contributed by atoms with E-state index in [2.05, 4.69) is 15.3 Å². The summed E-state index contributed by atoms with van der Waals surface area (Å²) in [6, 6.07) is 1.61. The fraction of sp³-hybridized carbons (Fsp3) is 0.556. The van der Waals surface area contributed by atoms with Gasteiger partial charge in [-0.2, -0.15) is 4.98 Å². The number of rotatable bonds is 5. The quantitative estimate of drug-likeness (QED) is 0.524. The fourth-order valence-electron chi connectivity index (χ4n) is 1.14. The second kappa shape index (κ2) is 5.72. The minimum absolute atomic E-state index is 0.153. The SMILES string of the molecule is CC(O)CCCNc1cc(Cl)nc(N)n1. The summed E-state index contributed by atoms with van der Waals surface area (Å²) >= 11 is 5.70. The van der Waals surface area contributed by atoms with E-state index in [1.165, 1.54) is 0 Å². The summed E-state index contributed by atoms with van der Waals surface area (Å²) in [5.41, 5.74) is 5.43. The topological polar surface area (TPSA) is 84.1 Å². The molecule has 0 aliphatic rings. The molecule has 0 bridgehead atoms. The summed E-state index contributed by atoms with van der Waals surface area (Å²) in [6.45, 7) is 2.48. The number of hydrogen-bond acceptors (Lipinski definition) is 5. The van der Waals surface area contributed by atoms with E-state index in [4.69, 9.17) is 22.4 Å². The summed E-state index contributed by atoms with van der Waals surface area (Å²) in [5.74, 6) is 0.763. The van der Waals surface area contributed by atoms with Crippen LogP contribution in [0.4, 0.5) is 11.8 Å². The van der Waals surface area contributed by atoms with Crippen LogP contribution in [0.25, 0.3) is 0 Å². The molecule has 1 rings (SSSR count). The number of nitrogen functional groups attached to an aromatic ring is 1. The van der Waals surface area contributed by atoms with Gasteiger partial charge in [-0.1, -0.05) is 11.6 Å². The molecule has 1 heterocycles. The van der Waals surface area contributed by atoms with Crippen molar-refractivity contribution < 1.29 is 5.11 Å². The molecule has 84 valence electrons. The number of nitrogens with one attached hydrogen (secondary N) is 1. The van der Waals surface area contributed by atoms with Crippen LogP contribution in [0.3, 0.4) is 0 Å². The maximum atomic E-state index is 9.04. The smallest absolute Gasteiger partial charge is 0.223 e. The van der Waals surface area contributed by atoms with Crippen molar-refractivity contribution in [3.05, 3.63) is 11.2 Å². The Kier molecular flexibility index (Phi) is 4.58. The van der Waals surface area contributed by atoms with Gasteiger partial charge in [0.1, 0.15) is 11.0 Å². The van der Waals surface area contributed by atoms with Crippen molar-refractivity contribution in [2.45, 2.75) is 25.9 Å². The number of anilines is 2. The van der Waals surface area contributed by atoms with Gasteiger partial charge >= 0.3 is 0 Å². The molecule has 5 nitrogen and oxygen atoms in total. The predicted molar refractivity (Wildman–Crippen MR) is 60.9 cm³/mol. The fourth-order valence-corrected chi connectivity index (χ4v) is 1.33. The molecule has 1 aromatic rings. The van der Waals surface area contributed by atoms with Gasteiger partial charge in [0.15, 0.2) is 0 Å². The van der Waals surface area contributed by atoms with E-state index >= 15 is 0 Å². The molecule has 0 amide bonds. The van der Waals surface area contributed by atoms with Crippen LogP contribution in [-0.2, 0) is 0 Å². The van der Waals surface area contributed by atoms with Crippen molar-refractivity contribution in [3.63, 3.8) is 0 Å². The van der Waals surface area contributed by atoms with Crippen LogP contribution in [0, 0.1) is 0 Å². The molecule has 0 fully saturated rings. The molecule has 0 saturated heterocycles. The van der Waals surface area contributed by atoms with Gasteiger partial charge in [0.25, 0.3) is 0 Å². The normalized spacial score (nSPS) is 12.5. The van der Waals surface area contributed by atoms with Gasteiger partial charge in [-0.05, 0) is 19.8 Å². The average Bonchev–Trinajstić information content (AvgIpc) is 2.10. The number of aliphatic hydroxyl groups is 1. The summed E-state index contributed by atoms with van der Waals surface area (Å²) in [6.07, 6.45) is 1.34. The van der Waals surface area contributed by atoms with Crippen LogP contribution in [0.5, 0.6) is 0 Å². The molecule has 0 aliphatic carbocycles. The second-order valence-corrected chi connectivity index (χ2v) is 3.74. The first-order chi connectivity index (χ1) is 7.08. The van der Waals surface area contributed by atoms with Crippen LogP contribution < -0.4 is 11.1 Å². The molecule has 0 aliphatic heterocycles. The van der Waals surface area contributed by atoms with Crippen LogP contribution in [0.1, 0.15) is 19.8 Å². The number of aliphatic hydroxyl groups excluding tert-OH is 1. The number of nitrogens with two attached hydrogens (primary N) is 1. The van der Waals surface area contributed by atoms with E-state index in [1.807, 2.05) is 0 Å². The van der Waals surface area contributed by atoms with Crippen LogP contribution in [-0.4, -0.2) is 27.7 Å². The van der Waals surface area contributed by atoms with Crippen molar-refractivity contribution >= 4 is 23.4 Å². The maximum absolute atomic E-state index is 9.04. The lowest BCUT2D eigenvalue weighted by Crippen LogP contribution is -2.08. The first-order valence-electron chi connectivity index (χ1n) is 4.80. The van der Waals surface area contributed by atoms with Crippen molar-refractivity contribution in [3.8, 4) is 0 Å². The van der Waals surface area contributed by atoms with Crippen molar-refractivity contribution in [1.29, 1.82) is 0 Å². The molecule has 15 heavy (non-hydrogen) atoms. The zero-order chi connectivity index (χ0) is 11.3. The highest BCUT2D eigenvalue weighted by molar-refractivity contribution is 6.29. The highest BCUT2D eigenvalue weighted by atomic mass is 35.5. The van der Waals surface area contributed by atoms with Gasteiger partial charge in [-0.3, -0.25) is 0 Å². The Labute approximate surface area is 93.7 Å². The molecule has 6 heteroatoms. The van der Waals surface area contributed by atoms with Gasteiger partial charge < -0.3 is 16.2 Å². The van der Waals surface area contributed by atoms with E-state index in [1.54, 1.807) is 13.0 Å². The van der Waals surface area contributed by atoms with E-state index in [-0.39, 0.29) is 12.1 Å². The Bertz CT molecular complexity index is 299. The van der Waals surface area contributed by atoms with Gasteiger partial charge in [0.2, 0.25) is 5.95 Å². The zero-order valence-electron chi connectivity index (χ0n) is 8.57. The van der Waals surface area contributed by atoms with E-state index in [9.17, 15) is 0 Å². The standard InChI is InChI=1S/C9H15ClN4O/c1-6(15)3-2-4-12-8-5-7(10)13-9(11)14-8/h5-6,15H,2-4H2,1H3,(H3,11,12,13,14). The van der Waals surface area contributed by atoms with E-state index < -0.39 is 0 Å². The number of aromatic nitrogens is 2. The predicted octanol–water partition coefficient (Wildman–Crippen LogP) is 1.29. The molecule has 0 spiro atoms. The first kappa shape index (κ1) is 12.0. The third kappa shape index (κ3) is 4.80. The molecule has 1 aromatic heterocycles. The Morgan fingerprint density at radius 3 is 2.93 bits per heavy atom. The molecular formula is C9H15ClN4O. The summed E-state index contributed by atoms with van der Waals surface area (Å²) in [7, 11) is 0. The molecule has 4 N–H and O–H groups in total. The minimum atomic E-state index is -0.272. The van der Waals surface area contributed by atoms with Crippen molar-refractivity contribution in [2.24, 2.45) is 0 Å². The largest absolute Gasteiger partial charge is 0.393 e. The molecule has 1 atom stereocenters. The summed E-state index contributed by atoms with van der Waals surface area (Å²) < 4.78 is 0. The van der Waals surface area contributed by atoms with Crippen LogP contribution in [0.2, 0.25) is 5.15 Å². The second-order valence-electron chi connectivity index (χ2n) is 3.35. The van der Waals surface area contributed by atoms with Gasteiger partial charge in [0.05, 0.1) is 6.10 Å². The molecule has 0 saturated carbocycles. The Balaban J connectivity index is 2.37. The van der Waals surface area contributed by atoms with Gasteiger partial charge in [-0.25, -0.2) is 4.98 Å². The molecule has 1 unspecified atom stereocenters. The van der Waals surface area contributed by atoms with E-state index in [0.29, 0.717) is 11.0 Å². The maximum Gasteiger partial charge on any atom is 0.223 e. The molecule has 0 aromatic carbocycles. The average molecular weight is 231 g/mol. The van der Waals surface area contributed by atoms with Crippen LogP contribution >= 0.6 is 11.6 Å².